The second-order valence-electron chi connectivity index (χ2n) is 4.75. The second kappa shape index (κ2) is 5.70. The van der Waals surface area contributed by atoms with E-state index in [1.165, 1.54) is 16.8 Å². The minimum Gasteiger partial charge on any atom is -0.480 e. The van der Waals surface area contributed by atoms with Gasteiger partial charge in [-0.2, -0.15) is 0 Å². The van der Waals surface area contributed by atoms with Gasteiger partial charge < -0.3 is 20.2 Å². The van der Waals surface area contributed by atoms with E-state index in [2.05, 4.69) is 5.32 Å². The molecule has 1 aliphatic carbocycles. The maximum absolute atomic E-state index is 11.7. The molecule has 1 atom stereocenters. The van der Waals surface area contributed by atoms with Crippen molar-refractivity contribution in [1.82, 2.24) is 15.1 Å². The summed E-state index contributed by atoms with van der Waals surface area (Å²) in [6.07, 6.45) is 1.63. The van der Waals surface area contributed by atoms with Gasteiger partial charge in [0.25, 0.3) is 0 Å². The summed E-state index contributed by atoms with van der Waals surface area (Å²) in [6.45, 7) is -0.0736. The number of rotatable bonds is 5. The zero-order valence-electron chi connectivity index (χ0n) is 10.8. The van der Waals surface area contributed by atoms with E-state index in [1.807, 2.05) is 0 Å². The molecule has 3 amide bonds. The Balaban J connectivity index is 2.48. The fourth-order valence-corrected chi connectivity index (χ4v) is 1.47. The highest BCUT2D eigenvalue weighted by Crippen LogP contribution is 2.32. The minimum absolute atomic E-state index is 0.0180. The number of urea groups is 1. The zero-order valence-corrected chi connectivity index (χ0v) is 10.8. The van der Waals surface area contributed by atoms with Crippen LogP contribution in [0.15, 0.2) is 0 Å². The molecule has 7 heteroatoms. The fourth-order valence-electron chi connectivity index (χ4n) is 1.47. The van der Waals surface area contributed by atoms with Crippen molar-refractivity contribution >= 4 is 17.9 Å². The molecule has 0 radical (unpaired) electrons. The molecule has 0 aromatic heterocycles. The summed E-state index contributed by atoms with van der Waals surface area (Å²) in [4.78, 5) is 36.7. The van der Waals surface area contributed by atoms with Crippen molar-refractivity contribution in [3.63, 3.8) is 0 Å². The molecule has 0 heterocycles. The number of amides is 3. The van der Waals surface area contributed by atoms with Crippen LogP contribution in [-0.2, 0) is 9.59 Å². The number of hydrogen-bond donors (Lipinski definition) is 2. The number of nitrogens with one attached hydrogen (secondary N) is 1. The van der Waals surface area contributed by atoms with Crippen molar-refractivity contribution in [3.8, 4) is 0 Å². The van der Waals surface area contributed by atoms with Gasteiger partial charge in [-0.1, -0.05) is 0 Å². The number of carbonyl (C=O) groups is 3. The third-order valence-corrected chi connectivity index (χ3v) is 2.86. The number of hydrogen-bond acceptors (Lipinski definition) is 3. The molecule has 1 rings (SSSR count). The van der Waals surface area contributed by atoms with Gasteiger partial charge in [0.05, 0.1) is 0 Å². The Morgan fingerprint density at radius 3 is 2.22 bits per heavy atom. The van der Waals surface area contributed by atoms with Crippen molar-refractivity contribution in [2.75, 3.05) is 27.7 Å². The molecule has 1 unspecified atom stereocenters. The topological polar surface area (TPSA) is 90.0 Å². The van der Waals surface area contributed by atoms with Crippen LogP contribution in [0.3, 0.4) is 0 Å². The van der Waals surface area contributed by atoms with Crippen LogP contribution in [0.2, 0.25) is 0 Å². The first-order valence-corrected chi connectivity index (χ1v) is 5.77. The largest absolute Gasteiger partial charge is 0.480 e. The molecule has 0 bridgehead atoms. The van der Waals surface area contributed by atoms with Gasteiger partial charge in [-0.05, 0) is 18.8 Å². The summed E-state index contributed by atoms with van der Waals surface area (Å²) < 4.78 is 0. The van der Waals surface area contributed by atoms with Crippen molar-refractivity contribution in [2.24, 2.45) is 5.92 Å². The quantitative estimate of drug-likeness (QED) is 0.700. The van der Waals surface area contributed by atoms with E-state index >= 15 is 0 Å². The molecule has 18 heavy (non-hydrogen) atoms. The lowest BCUT2D eigenvalue weighted by Gasteiger charge is -2.22. The lowest BCUT2D eigenvalue weighted by molar-refractivity contribution is -0.139. The Bertz CT molecular complexity index is 352. The Morgan fingerprint density at radius 1 is 1.28 bits per heavy atom. The molecule has 2 N–H and O–H groups in total. The van der Waals surface area contributed by atoms with Gasteiger partial charge in [-0.3, -0.25) is 4.79 Å². The van der Waals surface area contributed by atoms with E-state index in [0.29, 0.717) is 0 Å². The monoisotopic (exact) mass is 257 g/mol. The highest BCUT2D eigenvalue weighted by molar-refractivity contribution is 5.86. The molecule has 7 nitrogen and oxygen atoms in total. The van der Waals surface area contributed by atoms with Crippen LogP contribution in [0, 0.1) is 5.92 Å². The summed E-state index contributed by atoms with van der Waals surface area (Å²) in [5.41, 5.74) is 0. The molecule has 1 aliphatic rings. The normalized spacial score (nSPS) is 15.7. The van der Waals surface area contributed by atoms with Crippen molar-refractivity contribution in [1.29, 1.82) is 0 Å². The maximum Gasteiger partial charge on any atom is 0.326 e. The number of nitrogens with zero attached hydrogens (tertiary/aromatic N) is 2. The van der Waals surface area contributed by atoms with E-state index in [4.69, 9.17) is 5.11 Å². The highest BCUT2D eigenvalue weighted by atomic mass is 16.4. The first-order valence-electron chi connectivity index (χ1n) is 5.77. The SMILES string of the molecule is CN(C)C(=O)CN(C)C(=O)NC(C(=O)O)C1CC1. The standard InChI is InChI=1S/C11H19N3O4/c1-13(2)8(15)6-14(3)11(18)12-9(10(16)17)7-4-5-7/h7,9H,4-6H2,1-3H3,(H,12,18)(H,16,17). The highest BCUT2D eigenvalue weighted by Gasteiger charge is 2.37. The van der Waals surface area contributed by atoms with E-state index in [-0.39, 0.29) is 18.4 Å². The van der Waals surface area contributed by atoms with Gasteiger partial charge >= 0.3 is 12.0 Å². The summed E-state index contributed by atoms with van der Waals surface area (Å²) in [6, 6.07) is -1.39. The lowest BCUT2D eigenvalue weighted by atomic mass is 10.2. The second-order valence-corrected chi connectivity index (χ2v) is 4.75. The Kier molecular flexibility index (Phi) is 4.52. The third kappa shape index (κ3) is 3.90. The van der Waals surface area contributed by atoms with E-state index in [9.17, 15) is 14.4 Å². The fraction of sp³-hybridized carbons (Fsp3) is 0.727. The van der Waals surface area contributed by atoms with Crippen LogP contribution >= 0.6 is 0 Å². The van der Waals surface area contributed by atoms with Crippen LogP contribution in [0.25, 0.3) is 0 Å². The van der Waals surface area contributed by atoms with Crippen molar-refractivity contribution < 1.29 is 19.5 Å². The predicted molar refractivity (Wildman–Crippen MR) is 64.0 cm³/mol. The Morgan fingerprint density at radius 2 is 1.83 bits per heavy atom. The first-order chi connectivity index (χ1) is 8.32. The van der Waals surface area contributed by atoms with Crippen LogP contribution < -0.4 is 5.32 Å². The molecule has 102 valence electrons. The van der Waals surface area contributed by atoms with Crippen LogP contribution in [0.4, 0.5) is 4.79 Å². The molecule has 0 aliphatic heterocycles. The summed E-state index contributed by atoms with van der Waals surface area (Å²) in [5, 5.41) is 11.4. The predicted octanol–water partition coefficient (Wildman–Crippen LogP) is -0.421. The number of carboxylic acids is 1. The molecule has 0 aromatic rings. The number of carboxylic acid groups (broad SMARTS) is 1. The summed E-state index contributed by atoms with van der Waals surface area (Å²) in [5.74, 6) is -1.23. The van der Waals surface area contributed by atoms with E-state index < -0.39 is 18.0 Å². The van der Waals surface area contributed by atoms with Crippen molar-refractivity contribution in [2.45, 2.75) is 18.9 Å². The smallest absolute Gasteiger partial charge is 0.326 e. The Hall–Kier alpha value is -1.79. The lowest BCUT2D eigenvalue weighted by Crippen LogP contribution is -2.49. The van der Waals surface area contributed by atoms with Gasteiger partial charge in [-0.15, -0.1) is 0 Å². The molecule has 1 saturated carbocycles. The number of carbonyl (C=O) groups excluding carboxylic acids is 2. The van der Waals surface area contributed by atoms with Crippen molar-refractivity contribution in [3.05, 3.63) is 0 Å². The molecular formula is C11H19N3O4. The van der Waals surface area contributed by atoms with Gasteiger partial charge in [0.15, 0.2) is 0 Å². The Labute approximate surface area is 106 Å². The van der Waals surface area contributed by atoms with Gasteiger partial charge in [0.1, 0.15) is 12.6 Å². The van der Waals surface area contributed by atoms with Crippen LogP contribution in [0.1, 0.15) is 12.8 Å². The van der Waals surface area contributed by atoms with E-state index in [0.717, 1.165) is 12.8 Å². The first kappa shape index (κ1) is 14.3. The van der Waals surface area contributed by atoms with E-state index in [1.54, 1.807) is 14.1 Å². The molecule has 0 aromatic carbocycles. The van der Waals surface area contributed by atoms with Gasteiger partial charge in [0, 0.05) is 21.1 Å². The summed E-state index contributed by atoms with van der Waals surface area (Å²) in [7, 11) is 4.65. The van der Waals surface area contributed by atoms with Crippen LogP contribution in [-0.4, -0.2) is 66.5 Å². The number of aliphatic carboxylic acids is 1. The van der Waals surface area contributed by atoms with Crippen LogP contribution in [0.5, 0.6) is 0 Å². The maximum atomic E-state index is 11.7. The third-order valence-electron chi connectivity index (χ3n) is 2.86. The average molecular weight is 257 g/mol. The number of likely N-dealkylation sites (N-methyl/N-ethyl adjacent to an activating group) is 2. The zero-order chi connectivity index (χ0) is 13.9. The molecule has 0 spiro atoms. The molecule has 1 fully saturated rings. The average Bonchev–Trinajstić information content (AvgIpc) is 3.08. The minimum atomic E-state index is -1.03. The molecule has 0 saturated heterocycles. The van der Waals surface area contributed by atoms with Gasteiger partial charge in [0.2, 0.25) is 5.91 Å². The summed E-state index contributed by atoms with van der Waals surface area (Å²) >= 11 is 0. The molecular weight excluding hydrogens is 238 g/mol. The van der Waals surface area contributed by atoms with Gasteiger partial charge in [-0.25, -0.2) is 9.59 Å².